The molecule has 2 aromatic carbocycles. The van der Waals surface area contributed by atoms with Gasteiger partial charge >= 0.3 is 0 Å². The normalized spacial score (nSPS) is 12.5. The van der Waals surface area contributed by atoms with Crippen molar-refractivity contribution in [3.8, 4) is 0 Å². The first-order chi connectivity index (χ1) is 8.50. The van der Waals surface area contributed by atoms with Gasteiger partial charge in [0.1, 0.15) is 5.82 Å². The minimum Gasteiger partial charge on any atom is -0.320 e. The van der Waals surface area contributed by atoms with Crippen LogP contribution in [0.1, 0.15) is 22.7 Å². The van der Waals surface area contributed by atoms with Gasteiger partial charge < -0.3 is 5.73 Å². The summed E-state index contributed by atoms with van der Waals surface area (Å²) in [6.07, 6.45) is 0. The highest BCUT2D eigenvalue weighted by atomic mass is 127. The molecule has 0 spiro atoms. The van der Waals surface area contributed by atoms with Crippen LogP contribution in [0.25, 0.3) is 0 Å². The number of aryl methyl sites for hydroxylation is 1. The molecule has 1 atom stereocenters. The summed E-state index contributed by atoms with van der Waals surface area (Å²) in [6.45, 7) is 2.02. The Morgan fingerprint density at radius 1 is 1.22 bits per heavy atom. The van der Waals surface area contributed by atoms with Gasteiger partial charge in [0, 0.05) is 13.6 Å². The lowest BCUT2D eigenvalue weighted by molar-refractivity contribution is 0.599. The van der Waals surface area contributed by atoms with E-state index in [-0.39, 0.29) is 5.82 Å². The fourth-order valence-electron chi connectivity index (χ4n) is 1.83. The van der Waals surface area contributed by atoms with E-state index in [1.807, 2.05) is 25.1 Å². The smallest absolute Gasteiger partial charge is 0.128 e. The third-order valence-electron chi connectivity index (χ3n) is 2.85. The van der Waals surface area contributed by atoms with E-state index >= 15 is 0 Å². The Hall–Kier alpha value is -0.460. The molecule has 0 aromatic heterocycles. The molecule has 2 N–H and O–H groups in total. The Bertz CT molecular complexity index is 584. The molecule has 1 unspecified atom stereocenters. The summed E-state index contributed by atoms with van der Waals surface area (Å²) in [5.41, 5.74) is 8.80. The molecular weight excluding hydrogens is 408 g/mol. The topological polar surface area (TPSA) is 26.0 Å². The average molecular weight is 420 g/mol. The lowest BCUT2D eigenvalue weighted by atomic mass is 9.98. The van der Waals surface area contributed by atoms with Crippen molar-refractivity contribution in [2.24, 2.45) is 5.73 Å². The standard InChI is InChI=1S/C14H12BrFIN/c1-8-3-2-4-10(13(8)17)14(18)11-7-9(15)5-6-12(11)16/h2-7,14H,18H2,1H3. The van der Waals surface area contributed by atoms with Crippen LogP contribution < -0.4 is 5.73 Å². The Morgan fingerprint density at radius 3 is 2.67 bits per heavy atom. The van der Waals surface area contributed by atoms with E-state index in [0.29, 0.717) is 5.56 Å². The summed E-state index contributed by atoms with van der Waals surface area (Å²) in [5.74, 6) is -0.275. The molecule has 0 fully saturated rings. The highest BCUT2D eigenvalue weighted by Crippen LogP contribution is 2.29. The number of hydrogen-bond acceptors (Lipinski definition) is 1. The summed E-state index contributed by atoms with van der Waals surface area (Å²) in [4.78, 5) is 0. The first-order valence-electron chi connectivity index (χ1n) is 5.46. The number of rotatable bonds is 2. The largest absolute Gasteiger partial charge is 0.320 e. The Balaban J connectivity index is 2.51. The molecule has 0 aliphatic heterocycles. The lowest BCUT2D eigenvalue weighted by Gasteiger charge is -2.16. The van der Waals surface area contributed by atoms with Gasteiger partial charge in [-0.15, -0.1) is 0 Å². The number of halogens is 3. The Kier molecular flexibility index (Phi) is 4.40. The molecule has 1 nitrogen and oxygen atoms in total. The van der Waals surface area contributed by atoms with Crippen LogP contribution in [0.3, 0.4) is 0 Å². The van der Waals surface area contributed by atoms with Gasteiger partial charge in [0.25, 0.3) is 0 Å². The summed E-state index contributed by atoms with van der Waals surface area (Å²) in [6, 6.07) is 10.3. The molecule has 18 heavy (non-hydrogen) atoms. The molecule has 0 amide bonds. The molecule has 0 heterocycles. The van der Waals surface area contributed by atoms with Crippen LogP contribution in [0.15, 0.2) is 40.9 Å². The monoisotopic (exact) mass is 419 g/mol. The maximum atomic E-state index is 13.8. The van der Waals surface area contributed by atoms with Crippen molar-refractivity contribution >= 4 is 38.5 Å². The van der Waals surface area contributed by atoms with E-state index in [2.05, 4.69) is 38.5 Å². The minimum absolute atomic E-state index is 0.275. The molecule has 4 heteroatoms. The fourth-order valence-corrected chi connectivity index (χ4v) is 2.90. The van der Waals surface area contributed by atoms with Gasteiger partial charge in [-0.25, -0.2) is 4.39 Å². The molecule has 0 saturated heterocycles. The molecule has 0 aliphatic rings. The molecule has 0 radical (unpaired) electrons. The molecule has 0 aliphatic carbocycles. The van der Waals surface area contributed by atoms with Crippen LogP contribution in [0.2, 0.25) is 0 Å². The van der Waals surface area contributed by atoms with Gasteiger partial charge in [-0.1, -0.05) is 34.1 Å². The van der Waals surface area contributed by atoms with Crippen LogP contribution in [-0.2, 0) is 0 Å². The van der Waals surface area contributed by atoms with Crippen LogP contribution in [0.4, 0.5) is 4.39 Å². The van der Waals surface area contributed by atoms with E-state index in [4.69, 9.17) is 5.73 Å². The molecule has 2 aromatic rings. The quantitative estimate of drug-likeness (QED) is 0.710. The fraction of sp³-hybridized carbons (Fsp3) is 0.143. The van der Waals surface area contributed by atoms with Crippen molar-refractivity contribution in [2.75, 3.05) is 0 Å². The van der Waals surface area contributed by atoms with E-state index in [1.165, 1.54) is 6.07 Å². The SMILES string of the molecule is Cc1cccc(C(N)c2cc(Br)ccc2F)c1I. The van der Waals surface area contributed by atoms with Gasteiger partial charge in [0.15, 0.2) is 0 Å². The summed E-state index contributed by atoms with van der Waals surface area (Å²) < 4.78 is 15.8. The second-order valence-electron chi connectivity index (χ2n) is 4.12. The molecule has 94 valence electrons. The van der Waals surface area contributed by atoms with Crippen LogP contribution in [0.5, 0.6) is 0 Å². The van der Waals surface area contributed by atoms with Crippen molar-refractivity contribution in [2.45, 2.75) is 13.0 Å². The maximum Gasteiger partial charge on any atom is 0.128 e. The number of nitrogens with two attached hydrogens (primary N) is 1. The highest BCUT2D eigenvalue weighted by Gasteiger charge is 2.17. The zero-order chi connectivity index (χ0) is 13.3. The van der Waals surface area contributed by atoms with Crippen molar-refractivity contribution in [3.05, 3.63) is 66.9 Å². The van der Waals surface area contributed by atoms with Crippen molar-refractivity contribution < 1.29 is 4.39 Å². The predicted molar refractivity (Wildman–Crippen MR) is 84.0 cm³/mol. The third-order valence-corrected chi connectivity index (χ3v) is 4.82. The van der Waals surface area contributed by atoms with E-state index in [1.54, 1.807) is 12.1 Å². The highest BCUT2D eigenvalue weighted by molar-refractivity contribution is 14.1. The number of benzene rings is 2. The van der Waals surface area contributed by atoms with Gasteiger partial charge in [0.05, 0.1) is 6.04 Å². The summed E-state index contributed by atoms with van der Waals surface area (Å²) in [5, 5.41) is 0. The van der Waals surface area contributed by atoms with Crippen LogP contribution in [0, 0.1) is 16.3 Å². The van der Waals surface area contributed by atoms with Gasteiger partial charge in [-0.05, 0) is 58.8 Å². The second-order valence-corrected chi connectivity index (χ2v) is 6.12. The first kappa shape index (κ1) is 14.0. The third kappa shape index (κ3) is 2.75. The van der Waals surface area contributed by atoms with Crippen LogP contribution in [-0.4, -0.2) is 0 Å². The Labute approximate surface area is 128 Å². The predicted octanol–water partition coefficient (Wildman–Crippen LogP) is 4.55. The number of hydrogen-bond donors (Lipinski definition) is 1. The first-order valence-corrected chi connectivity index (χ1v) is 7.33. The van der Waals surface area contributed by atoms with Crippen molar-refractivity contribution in [1.82, 2.24) is 0 Å². The molecule has 0 saturated carbocycles. The second kappa shape index (κ2) is 5.67. The van der Waals surface area contributed by atoms with Crippen LogP contribution >= 0.6 is 38.5 Å². The van der Waals surface area contributed by atoms with Gasteiger partial charge in [-0.2, -0.15) is 0 Å². The Morgan fingerprint density at radius 2 is 1.94 bits per heavy atom. The van der Waals surface area contributed by atoms with E-state index in [9.17, 15) is 4.39 Å². The van der Waals surface area contributed by atoms with E-state index in [0.717, 1.165) is 19.2 Å². The zero-order valence-corrected chi connectivity index (χ0v) is 13.5. The molecule has 0 bridgehead atoms. The van der Waals surface area contributed by atoms with Crippen molar-refractivity contribution in [3.63, 3.8) is 0 Å². The minimum atomic E-state index is -0.450. The van der Waals surface area contributed by atoms with Gasteiger partial charge in [0.2, 0.25) is 0 Å². The van der Waals surface area contributed by atoms with Gasteiger partial charge in [-0.3, -0.25) is 0 Å². The molecule has 2 rings (SSSR count). The van der Waals surface area contributed by atoms with E-state index < -0.39 is 6.04 Å². The summed E-state index contributed by atoms with van der Waals surface area (Å²) in [7, 11) is 0. The summed E-state index contributed by atoms with van der Waals surface area (Å²) >= 11 is 5.60. The average Bonchev–Trinajstić information content (AvgIpc) is 2.35. The molecular formula is C14H12BrFIN. The maximum absolute atomic E-state index is 13.8. The van der Waals surface area contributed by atoms with Crippen molar-refractivity contribution in [1.29, 1.82) is 0 Å². The zero-order valence-electron chi connectivity index (χ0n) is 9.75. The lowest BCUT2D eigenvalue weighted by Crippen LogP contribution is -2.15.